The Morgan fingerprint density at radius 2 is 2.29 bits per heavy atom. The molecule has 1 aromatic heterocycles. The fraction of sp³-hybridized carbons (Fsp3) is 0.571. The minimum Gasteiger partial charge on any atom is -0.383 e. The lowest BCUT2D eigenvalue weighted by Gasteiger charge is -2.24. The minimum absolute atomic E-state index is 0.0536. The van der Waals surface area contributed by atoms with Gasteiger partial charge in [-0.15, -0.1) is 0 Å². The number of carbonyl (C=O) groups is 1. The summed E-state index contributed by atoms with van der Waals surface area (Å²) in [6, 6.07) is 1.43. The molecule has 1 atom stereocenters. The van der Waals surface area contributed by atoms with Gasteiger partial charge in [-0.1, -0.05) is 6.92 Å². The van der Waals surface area contributed by atoms with Crippen molar-refractivity contribution in [2.24, 2.45) is 0 Å². The van der Waals surface area contributed by atoms with Gasteiger partial charge in [0.05, 0.1) is 29.0 Å². The molecule has 116 valence electrons. The monoisotopic (exact) mass is 311 g/mol. The van der Waals surface area contributed by atoms with E-state index >= 15 is 0 Å². The summed E-state index contributed by atoms with van der Waals surface area (Å²) < 4.78 is 23.1. The molecule has 1 aliphatic rings. The van der Waals surface area contributed by atoms with Crippen molar-refractivity contribution in [3.05, 3.63) is 24.0 Å². The van der Waals surface area contributed by atoms with Gasteiger partial charge in [-0.2, -0.15) is 0 Å². The fourth-order valence-corrected chi connectivity index (χ4v) is 4.19. The van der Waals surface area contributed by atoms with E-state index < -0.39 is 9.84 Å². The molecule has 1 saturated heterocycles. The first-order valence-electron chi connectivity index (χ1n) is 7.10. The second-order valence-corrected chi connectivity index (χ2v) is 7.55. The maximum Gasteiger partial charge on any atom is 0.256 e. The van der Waals surface area contributed by atoms with Crippen molar-refractivity contribution in [3.63, 3.8) is 0 Å². The molecule has 1 N–H and O–H groups in total. The zero-order valence-corrected chi connectivity index (χ0v) is 13.2. The molecule has 21 heavy (non-hydrogen) atoms. The predicted octanol–water partition coefficient (Wildman–Crippen LogP) is 1.16. The van der Waals surface area contributed by atoms with Crippen LogP contribution in [0.5, 0.6) is 0 Å². The molecule has 1 fully saturated rings. The maximum absolute atomic E-state index is 12.6. The predicted molar refractivity (Wildman–Crippen MR) is 82.2 cm³/mol. The van der Waals surface area contributed by atoms with E-state index in [0.717, 1.165) is 13.0 Å². The highest BCUT2D eigenvalue weighted by atomic mass is 32.2. The number of hydrogen-bond acceptors (Lipinski definition) is 5. The quantitative estimate of drug-likeness (QED) is 0.883. The summed E-state index contributed by atoms with van der Waals surface area (Å²) >= 11 is 0. The van der Waals surface area contributed by atoms with Crippen molar-refractivity contribution < 1.29 is 13.2 Å². The van der Waals surface area contributed by atoms with E-state index in [-0.39, 0.29) is 23.5 Å². The molecule has 0 aliphatic carbocycles. The lowest BCUT2D eigenvalue weighted by atomic mass is 10.1. The van der Waals surface area contributed by atoms with Gasteiger partial charge < -0.3 is 10.2 Å². The largest absolute Gasteiger partial charge is 0.383 e. The molecule has 0 saturated carbocycles. The molecule has 1 aliphatic heterocycles. The van der Waals surface area contributed by atoms with Crippen molar-refractivity contribution in [1.82, 2.24) is 9.88 Å². The Labute approximate surface area is 125 Å². The smallest absolute Gasteiger partial charge is 0.256 e. The zero-order chi connectivity index (χ0) is 15.5. The standard InChI is InChI=1S/C14H21N3O3S/c1-3-6-16-13-9-15-7-4-12(13)14(18)17(2)11-5-8-21(19,20)10-11/h4,7,9,11,16H,3,5-6,8,10H2,1-2H3. The Hall–Kier alpha value is -1.63. The van der Waals surface area contributed by atoms with Crippen molar-refractivity contribution in [2.75, 3.05) is 30.4 Å². The van der Waals surface area contributed by atoms with Crippen LogP contribution in [0.25, 0.3) is 0 Å². The van der Waals surface area contributed by atoms with Crippen LogP contribution in [0.4, 0.5) is 5.69 Å². The Morgan fingerprint density at radius 1 is 1.52 bits per heavy atom. The number of pyridine rings is 1. The van der Waals surface area contributed by atoms with Gasteiger partial charge >= 0.3 is 0 Å². The van der Waals surface area contributed by atoms with Gasteiger partial charge in [-0.3, -0.25) is 9.78 Å². The molecular weight excluding hydrogens is 290 g/mol. The van der Waals surface area contributed by atoms with E-state index in [2.05, 4.69) is 10.3 Å². The Bertz CT molecular complexity index is 616. The summed E-state index contributed by atoms with van der Waals surface area (Å²) in [4.78, 5) is 18.2. The molecule has 6 nitrogen and oxygen atoms in total. The van der Waals surface area contributed by atoms with Crippen LogP contribution in [0.15, 0.2) is 18.5 Å². The fourth-order valence-electron chi connectivity index (χ4n) is 2.42. The third kappa shape index (κ3) is 3.72. The first-order chi connectivity index (χ1) is 9.94. The van der Waals surface area contributed by atoms with Crippen LogP contribution in [0, 0.1) is 0 Å². The van der Waals surface area contributed by atoms with E-state index in [9.17, 15) is 13.2 Å². The number of carbonyl (C=O) groups excluding carboxylic acids is 1. The Morgan fingerprint density at radius 3 is 2.90 bits per heavy atom. The van der Waals surface area contributed by atoms with Crippen LogP contribution in [0.2, 0.25) is 0 Å². The van der Waals surface area contributed by atoms with E-state index in [0.29, 0.717) is 17.7 Å². The van der Waals surface area contributed by atoms with Gasteiger partial charge in [0.25, 0.3) is 5.91 Å². The molecule has 0 spiro atoms. The molecule has 2 heterocycles. The number of nitrogens with one attached hydrogen (secondary N) is 1. The molecule has 1 amide bonds. The van der Waals surface area contributed by atoms with Gasteiger partial charge in [0.1, 0.15) is 0 Å². The maximum atomic E-state index is 12.6. The summed E-state index contributed by atoms with van der Waals surface area (Å²) in [5.74, 6) is 0.0445. The molecule has 0 bridgehead atoms. The van der Waals surface area contributed by atoms with Crippen LogP contribution in [0.3, 0.4) is 0 Å². The third-order valence-electron chi connectivity index (χ3n) is 3.69. The van der Waals surface area contributed by atoms with Crippen molar-refractivity contribution >= 4 is 21.4 Å². The molecule has 1 aromatic rings. The zero-order valence-electron chi connectivity index (χ0n) is 12.4. The highest BCUT2D eigenvalue weighted by Crippen LogP contribution is 2.21. The third-order valence-corrected chi connectivity index (χ3v) is 5.44. The second-order valence-electron chi connectivity index (χ2n) is 5.32. The first-order valence-corrected chi connectivity index (χ1v) is 8.92. The first kappa shape index (κ1) is 15.8. The molecule has 2 rings (SSSR count). The Balaban J connectivity index is 2.16. The normalized spacial score (nSPS) is 20.2. The second kappa shape index (κ2) is 6.43. The van der Waals surface area contributed by atoms with Crippen LogP contribution in [0.1, 0.15) is 30.1 Å². The van der Waals surface area contributed by atoms with E-state index in [1.807, 2.05) is 6.92 Å². The summed E-state index contributed by atoms with van der Waals surface area (Å²) in [5.41, 5.74) is 1.22. The number of hydrogen-bond donors (Lipinski definition) is 1. The van der Waals surface area contributed by atoms with Gasteiger partial charge in [0.2, 0.25) is 0 Å². The number of anilines is 1. The minimum atomic E-state index is -3.00. The van der Waals surface area contributed by atoms with Crippen LogP contribution in [-0.4, -0.2) is 55.3 Å². The lowest BCUT2D eigenvalue weighted by Crippen LogP contribution is -2.38. The lowest BCUT2D eigenvalue weighted by molar-refractivity contribution is 0.0748. The number of nitrogens with zero attached hydrogens (tertiary/aromatic N) is 2. The van der Waals surface area contributed by atoms with Gasteiger partial charge in [0, 0.05) is 25.8 Å². The van der Waals surface area contributed by atoms with Gasteiger partial charge in [0.15, 0.2) is 9.84 Å². The number of sulfone groups is 1. The van der Waals surface area contributed by atoms with Crippen molar-refractivity contribution in [3.8, 4) is 0 Å². The van der Waals surface area contributed by atoms with E-state index in [4.69, 9.17) is 0 Å². The average Bonchev–Trinajstić information content (AvgIpc) is 2.84. The average molecular weight is 311 g/mol. The Kier molecular flexibility index (Phi) is 4.82. The van der Waals surface area contributed by atoms with E-state index in [1.165, 1.54) is 4.90 Å². The number of aromatic nitrogens is 1. The number of amides is 1. The summed E-state index contributed by atoms with van der Waals surface area (Å²) in [6.45, 7) is 2.80. The highest BCUT2D eigenvalue weighted by molar-refractivity contribution is 7.91. The van der Waals surface area contributed by atoms with Crippen LogP contribution in [-0.2, 0) is 9.84 Å². The van der Waals surface area contributed by atoms with Crippen molar-refractivity contribution in [1.29, 1.82) is 0 Å². The molecule has 1 unspecified atom stereocenters. The summed E-state index contributed by atoms with van der Waals surface area (Å²) in [6.07, 6.45) is 4.65. The van der Waals surface area contributed by atoms with E-state index in [1.54, 1.807) is 25.5 Å². The van der Waals surface area contributed by atoms with Crippen molar-refractivity contribution in [2.45, 2.75) is 25.8 Å². The SMILES string of the molecule is CCCNc1cnccc1C(=O)N(C)C1CCS(=O)(=O)C1. The van der Waals surface area contributed by atoms with Crippen LogP contribution >= 0.6 is 0 Å². The highest BCUT2D eigenvalue weighted by Gasteiger charge is 2.33. The van der Waals surface area contributed by atoms with Gasteiger partial charge in [-0.05, 0) is 18.9 Å². The molecular formula is C14H21N3O3S. The summed E-state index contributed by atoms with van der Waals surface area (Å²) in [5, 5.41) is 3.18. The summed E-state index contributed by atoms with van der Waals surface area (Å²) in [7, 11) is -1.34. The topological polar surface area (TPSA) is 79.4 Å². The molecule has 0 radical (unpaired) electrons. The van der Waals surface area contributed by atoms with Gasteiger partial charge in [-0.25, -0.2) is 8.42 Å². The van der Waals surface area contributed by atoms with Crippen LogP contribution < -0.4 is 5.32 Å². The molecule has 7 heteroatoms. The number of rotatable bonds is 5. The molecule has 0 aromatic carbocycles.